The first-order valence-electron chi connectivity index (χ1n) is 8.67. The molecule has 1 spiro atoms. The maximum absolute atomic E-state index is 12.8. The fourth-order valence-corrected chi connectivity index (χ4v) is 5.23. The molecule has 2 heterocycles. The van der Waals surface area contributed by atoms with Crippen LogP contribution in [0.5, 0.6) is 0 Å². The molecule has 1 atom stereocenters. The molecule has 3 aliphatic rings. The Labute approximate surface area is 139 Å². The van der Waals surface area contributed by atoms with Crippen LogP contribution in [0.15, 0.2) is 0 Å². The SMILES string of the molecule is CCS(=O)(=O)N1CCC2(CC1)CN(CC1CC1)C(=O)C2COC. The summed E-state index contributed by atoms with van der Waals surface area (Å²) in [4.78, 5) is 14.8. The quantitative estimate of drug-likeness (QED) is 0.719. The first-order chi connectivity index (χ1) is 10.9. The molecule has 0 radical (unpaired) electrons. The van der Waals surface area contributed by atoms with Gasteiger partial charge in [0, 0.05) is 38.7 Å². The number of methoxy groups -OCH3 is 1. The number of piperidine rings is 1. The molecule has 0 aromatic heterocycles. The zero-order valence-corrected chi connectivity index (χ0v) is 15.0. The fourth-order valence-electron chi connectivity index (χ4n) is 4.13. The van der Waals surface area contributed by atoms with Crippen molar-refractivity contribution in [2.24, 2.45) is 17.3 Å². The molecular weight excluding hydrogens is 316 g/mol. The third-order valence-electron chi connectivity index (χ3n) is 5.84. The van der Waals surface area contributed by atoms with E-state index in [1.807, 2.05) is 4.90 Å². The average molecular weight is 344 g/mol. The molecule has 1 aliphatic carbocycles. The van der Waals surface area contributed by atoms with Crippen molar-refractivity contribution in [1.82, 2.24) is 9.21 Å². The van der Waals surface area contributed by atoms with Crippen LogP contribution in [0.2, 0.25) is 0 Å². The molecule has 2 saturated heterocycles. The monoisotopic (exact) mass is 344 g/mol. The van der Waals surface area contributed by atoms with Crippen LogP contribution >= 0.6 is 0 Å². The van der Waals surface area contributed by atoms with Crippen molar-refractivity contribution in [2.45, 2.75) is 32.6 Å². The summed E-state index contributed by atoms with van der Waals surface area (Å²) in [5.41, 5.74) is -0.109. The van der Waals surface area contributed by atoms with Crippen LogP contribution in [0.3, 0.4) is 0 Å². The van der Waals surface area contributed by atoms with E-state index < -0.39 is 10.0 Å². The lowest BCUT2D eigenvalue weighted by atomic mass is 9.71. The van der Waals surface area contributed by atoms with Gasteiger partial charge in [0.15, 0.2) is 0 Å². The molecule has 6 nitrogen and oxygen atoms in total. The van der Waals surface area contributed by atoms with Crippen molar-refractivity contribution < 1.29 is 17.9 Å². The Hall–Kier alpha value is -0.660. The first-order valence-corrected chi connectivity index (χ1v) is 10.3. The number of sulfonamides is 1. The molecule has 3 fully saturated rings. The number of hydrogen-bond donors (Lipinski definition) is 0. The van der Waals surface area contributed by atoms with Gasteiger partial charge in [-0.05, 0) is 38.5 Å². The molecule has 1 unspecified atom stereocenters. The van der Waals surface area contributed by atoms with Gasteiger partial charge in [-0.25, -0.2) is 12.7 Å². The number of rotatable bonds is 6. The molecule has 1 amide bonds. The van der Waals surface area contributed by atoms with Crippen molar-refractivity contribution in [3.63, 3.8) is 0 Å². The van der Waals surface area contributed by atoms with E-state index in [-0.39, 0.29) is 23.0 Å². The molecule has 23 heavy (non-hydrogen) atoms. The Balaban J connectivity index is 1.73. The number of hydrogen-bond acceptors (Lipinski definition) is 4. The zero-order valence-electron chi connectivity index (χ0n) is 14.2. The highest BCUT2D eigenvalue weighted by molar-refractivity contribution is 7.89. The lowest BCUT2D eigenvalue weighted by Gasteiger charge is -2.41. The highest BCUT2D eigenvalue weighted by Gasteiger charge is 2.54. The summed E-state index contributed by atoms with van der Waals surface area (Å²) < 4.78 is 31.1. The Morgan fingerprint density at radius 2 is 1.91 bits per heavy atom. The predicted molar refractivity (Wildman–Crippen MR) is 87.4 cm³/mol. The predicted octanol–water partition coefficient (Wildman–Crippen LogP) is 0.933. The van der Waals surface area contributed by atoms with Crippen LogP contribution < -0.4 is 0 Å². The molecular formula is C16H28N2O4S. The highest BCUT2D eigenvalue weighted by Crippen LogP contribution is 2.47. The van der Waals surface area contributed by atoms with Crippen LogP contribution in [0, 0.1) is 17.3 Å². The van der Waals surface area contributed by atoms with Gasteiger partial charge in [-0.2, -0.15) is 0 Å². The number of likely N-dealkylation sites (tertiary alicyclic amines) is 1. The second-order valence-corrected chi connectivity index (χ2v) is 9.59. The highest BCUT2D eigenvalue weighted by atomic mass is 32.2. The molecule has 2 aliphatic heterocycles. The second kappa shape index (κ2) is 6.33. The van der Waals surface area contributed by atoms with Crippen molar-refractivity contribution >= 4 is 15.9 Å². The first kappa shape index (κ1) is 17.2. The minimum Gasteiger partial charge on any atom is -0.384 e. The maximum Gasteiger partial charge on any atom is 0.228 e. The van der Waals surface area contributed by atoms with E-state index in [9.17, 15) is 13.2 Å². The number of amides is 1. The van der Waals surface area contributed by atoms with E-state index >= 15 is 0 Å². The van der Waals surface area contributed by atoms with E-state index in [4.69, 9.17) is 4.74 Å². The van der Waals surface area contributed by atoms with Crippen LogP contribution in [0.4, 0.5) is 0 Å². The van der Waals surface area contributed by atoms with Gasteiger partial charge in [0.25, 0.3) is 0 Å². The molecule has 0 aromatic rings. The van der Waals surface area contributed by atoms with Gasteiger partial charge >= 0.3 is 0 Å². The molecule has 0 bridgehead atoms. The van der Waals surface area contributed by atoms with Gasteiger partial charge in [-0.15, -0.1) is 0 Å². The number of carbonyl (C=O) groups excluding carboxylic acids is 1. The van der Waals surface area contributed by atoms with Crippen molar-refractivity contribution in [3.8, 4) is 0 Å². The largest absolute Gasteiger partial charge is 0.384 e. The van der Waals surface area contributed by atoms with Gasteiger partial charge in [0.2, 0.25) is 15.9 Å². The van der Waals surface area contributed by atoms with Crippen LogP contribution in [-0.4, -0.2) is 69.2 Å². The third kappa shape index (κ3) is 3.28. The summed E-state index contributed by atoms with van der Waals surface area (Å²) in [5, 5.41) is 0. The summed E-state index contributed by atoms with van der Waals surface area (Å²) >= 11 is 0. The molecule has 0 aromatic carbocycles. The molecule has 0 N–H and O–H groups in total. The standard InChI is InChI=1S/C16H28N2O4S/c1-3-23(20,21)18-8-6-16(7-9-18)12-17(10-13-4-5-13)15(19)14(16)11-22-2/h13-14H,3-12H2,1-2H3. The third-order valence-corrected chi connectivity index (χ3v) is 7.72. The zero-order chi connectivity index (χ0) is 16.7. The van der Waals surface area contributed by atoms with Crippen LogP contribution in [0.1, 0.15) is 32.6 Å². The fraction of sp³-hybridized carbons (Fsp3) is 0.938. The summed E-state index contributed by atoms with van der Waals surface area (Å²) in [6.07, 6.45) is 3.98. The Morgan fingerprint density at radius 1 is 1.26 bits per heavy atom. The topological polar surface area (TPSA) is 66.9 Å². The normalized spacial score (nSPS) is 28.7. The van der Waals surface area contributed by atoms with Crippen molar-refractivity contribution in [2.75, 3.05) is 45.6 Å². The van der Waals surface area contributed by atoms with E-state index in [1.165, 1.54) is 12.8 Å². The maximum atomic E-state index is 12.8. The van der Waals surface area contributed by atoms with E-state index in [2.05, 4.69) is 0 Å². The second-order valence-electron chi connectivity index (χ2n) is 7.33. The van der Waals surface area contributed by atoms with Crippen molar-refractivity contribution in [1.29, 1.82) is 0 Å². The van der Waals surface area contributed by atoms with Crippen LogP contribution in [0.25, 0.3) is 0 Å². The van der Waals surface area contributed by atoms with E-state index in [0.717, 1.165) is 25.9 Å². The summed E-state index contributed by atoms with van der Waals surface area (Å²) in [5.74, 6) is 0.926. The van der Waals surface area contributed by atoms with Gasteiger partial charge in [0.05, 0.1) is 18.3 Å². The van der Waals surface area contributed by atoms with Gasteiger partial charge in [0.1, 0.15) is 0 Å². The minimum atomic E-state index is -3.13. The summed E-state index contributed by atoms with van der Waals surface area (Å²) in [7, 11) is -1.49. The Morgan fingerprint density at radius 3 is 2.43 bits per heavy atom. The van der Waals surface area contributed by atoms with E-state index in [1.54, 1.807) is 18.3 Å². The Kier molecular flexibility index (Phi) is 4.73. The van der Waals surface area contributed by atoms with E-state index in [0.29, 0.717) is 25.6 Å². The summed E-state index contributed by atoms with van der Waals surface area (Å²) in [6, 6.07) is 0. The number of carbonyl (C=O) groups is 1. The smallest absolute Gasteiger partial charge is 0.228 e. The van der Waals surface area contributed by atoms with Gasteiger partial charge < -0.3 is 9.64 Å². The Bertz CT molecular complexity index is 550. The average Bonchev–Trinajstić information content (AvgIpc) is 3.32. The number of ether oxygens (including phenoxy) is 1. The minimum absolute atomic E-state index is 0.109. The molecule has 1 saturated carbocycles. The molecule has 132 valence electrons. The van der Waals surface area contributed by atoms with Gasteiger partial charge in [-0.1, -0.05) is 0 Å². The number of nitrogens with zero attached hydrogens (tertiary/aromatic N) is 2. The molecule has 7 heteroatoms. The lowest BCUT2D eigenvalue weighted by Crippen LogP contribution is -2.47. The van der Waals surface area contributed by atoms with Crippen LogP contribution in [-0.2, 0) is 19.6 Å². The van der Waals surface area contributed by atoms with Gasteiger partial charge in [-0.3, -0.25) is 4.79 Å². The van der Waals surface area contributed by atoms with Crippen molar-refractivity contribution in [3.05, 3.63) is 0 Å². The molecule has 3 rings (SSSR count). The summed E-state index contributed by atoms with van der Waals surface area (Å²) in [6.45, 7) is 4.83. The lowest BCUT2D eigenvalue weighted by molar-refractivity contribution is -0.133.